The van der Waals surface area contributed by atoms with Gasteiger partial charge in [-0.15, -0.1) is 0 Å². The number of nitrogens with one attached hydrogen (secondary N) is 1. The number of piperidine rings is 1. The van der Waals surface area contributed by atoms with Crippen LogP contribution >= 0.6 is 0 Å². The summed E-state index contributed by atoms with van der Waals surface area (Å²) >= 11 is 0. The summed E-state index contributed by atoms with van der Waals surface area (Å²) in [4.78, 5) is 2.13. The summed E-state index contributed by atoms with van der Waals surface area (Å²) in [7, 11) is 0. The molecule has 1 saturated heterocycles. The molecule has 80 valence electrons. The Balaban J connectivity index is 2.12. The van der Waals surface area contributed by atoms with Crippen LogP contribution in [-0.2, 0) is 0 Å². The van der Waals surface area contributed by atoms with Crippen LogP contribution < -0.4 is 5.73 Å². The zero-order chi connectivity index (χ0) is 10.1. The lowest BCUT2D eigenvalue weighted by Crippen LogP contribution is -2.54. The van der Waals surface area contributed by atoms with Crippen molar-refractivity contribution in [3.8, 4) is 0 Å². The fourth-order valence-corrected chi connectivity index (χ4v) is 3.21. The zero-order valence-corrected chi connectivity index (χ0v) is 9.00. The van der Waals surface area contributed by atoms with E-state index < -0.39 is 0 Å². The fourth-order valence-electron chi connectivity index (χ4n) is 3.21. The van der Waals surface area contributed by atoms with Crippen LogP contribution in [0.25, 0.3) is 0 Å². The summed E-state index contributed by atoms with van der Waals surface area (Å²) in [6.07, 6.45) is 6.49. The van der Waals surface area contributed by atoms with Crippen LogP contribution in [0.5, 0.6) is 0 Å². The molecule has 1 heterocycles. The second-order valence-corrected chi connectivity index (χ2v) is 4.86. The maximum atomic E-state index is 7.58. The second kappa shape index (κ2) is 3.79. The molecule has 1 aliphatic carbocycles. The molecule has 0 aromatic heterocycles. The number of nitrogens with two attached hydrogens (primary N) is 1. The maximum Gasteiger partial charge on any atom is 0.188 e. The lowest BCUT2D eigenvalue weighted by molar-refractivity contribution is 0.0726. The van der Waals surface area contributed by atoms with Crippen LogP contribution in [-0.4, -0.2) is 23.4 Å². The van der Waals surface area contributed by atoms with E-state index in [9.17, 15) is 0 Å². The van der Waals surface area contributed by atoms with Gasteiger partial charge in [0, 0.05) is 12.6 Å². The minimum Gasteiger partial charge on any atom is -0.370 e. The molecule has 2 aliphatic rings. The number of likely N-dealkylation sites (tertiary alicyclic amines) is 1. The number of guanidine groups is 1. The number of hydrogen-bond acceptors (Lipinski definition) is 1. The molecule has 1 saturated carbocycles. The van der Waals surface area contributed by atoms with Crippen LogP contribution in [0.2, 0.25) is 0 Å². The Kier molecular flexibility index (Phi) is 2.66. The predicted molar refractivity (Wildman–Crippen MR) is 58.1 cm³/mol. The monoisotopic (exact) mass is 195 g/mol. The van der Waals surface area contributed by atoms with Gasteiger partial charge in [0.2, 0.25) is 0 Å². The Morgan fingerprint density at radius 1 is 1.29 bits per heavy atom. The highest BCUT2D eigenvalue weighted by Gasteiger charge is 2.37. The number of hydrogen-bond donors (Lipinski definition) is 2. The van der Waals surface area contributed by atoms with Crippen molar-refractivity contribution in [2.75, 3.05) is 6.54 Å². The van der Waals surface area contributed by atoms with Crippen molar-refractivity contribution in [2.24, 2.45) is 17.6 Å². The van der Waals surface area contributed by atoms with Gasteiger partial charge in [0.25, 0.3) is 0 Å². The van der Waals surface area contributed by atoms with Crippen molar-refractivity contribution >= 4 is 5.96 Å². The quantitative estimate of drug-likeness (QED) is 0.457. The van der Waals surface area contributed by atoms with Crippen molar-refractivity contribution in [3.63, 3.8) is 0 Å². The summed E-state index contributed by atoms with van der Waals surface area (Å²) in [5.74, 6) is 1.91. The SMILES string of the molecule is CC1CCN(C(=N)N)C2CCCCC12. The molecule has 1 aliphatic heterocycles. The molecule has 0 aromatic carbocycles. The van der Waals surface area contributed by atoms with Crippen molar-refractivity contribution in [1.82, 2.24) is 4.90 Å². The standard InChI is InChI=1S/C11H21N3/c1-8-6-7-14(11(12)13)10-5-3-2-4-9(8)10/h8-10H,2-7H2,1H3,(H3,12,13). The first-order chi connectivity index (χ1) is 6.70. The Morgan fingerprint density at radius 3 is 2.71 bits per heavy atom. The Labute approximate surface area is 86.2 Å². The summed E-state index contributed by atoms with van der Waals surface area (Å²) in [5, 5.41) is 7.58. The molecular weight excluding hydrogens is 174 g/mol. The number of nitrogens with zero attached hydrogens (tertiary/aromatic N) is 1. The molecule has 0 radical (unpaired) electrons. The maximum absolute atomic E-state index is 7.58. The van der Waals surface area contributed by atoms with Gasteiger partial charge in [-0.2, -0.15) is 0 Å². The van der Waals surface area contributed by atoms with Crippen LogP contribution in [0.1, 0.15) is 39.0 Å². The van der Waals surface area contributed by atoms with Gasteiger partial charge in [0.05, 0.1) is 0 Å². The molecule has 2 fully saturated rings. The fraction of sp³-hybridized carbons (Fsp3) is 0.909. The topological polar surface area (TPSA) is 53.1 Å². The third-order valence-electron chi connectivity index (χ3n) is 4.05. The molecule has 14 heavy (non-hydrogen) atoms. The average Bonchev–Trinajstić information content (AvgIpc) is 2.18. The molecular formula is C11H21N3. The molecule has 3 N–H and O–H groups in total. The highest BCUT2D eigenvalue weighted by molar-refractivity contribution is 5.75. The normalized spacial score (nSPS) is 37.8. The van der Waals surface area contributed by atoms with Crippen molar-refractivity contribution in [3.05, 3.63) is 0 Å². The minimum absolute atomic E-state index is 0.286. The molecule has 2 rings (SSSR count). The van der Waals surface area contributed by atoms with E-state index >= 15 is 0 Å². The summed E-state index contributed by atoms with van der Waals surface area (Å²) in [5.41, 5.74) is 5.63. The van der Waals surface area contributed by atoms with Gasteiger partial charge < -0.3 is 10.6 Å². The number of rotatable bonds is 0. The van der Waals surface area contributed by atoms with Gasteiger partial charge in [0.15, 0.2) is 5.96 Å². The summed E-state index contributed by atoms with van der Waals surface area (Å²) in [6.45, 7) is 3.36. The smallest absolute Gasteiger partial charge is 0.188 e. The summed E-state index contributed by atoms with van der Waals surface area (Å²) in [6, 6.07) is 0.574. The van der Waals surface area contributed by atoms with Gasteiger partial charge in [-0.1, -0.05) is 19.8 Å². The largest absolute Gasteiger partial charge is 0.370 e. The van der Waals surface area contributed by atoms with E-state index in [4.69, 9.17) is 11.1 Å². The molecule has 3 heteroatoms. The van der Waals surface area contributed by atoms with E-state index in [-0.39, 0.29) is 5.96 Å². The van der Waals surface area contributed by atoms with Gasteiger partial charge in [0.1, 0.15) is 0 Å². The lowest BCUT2D eigenvalue weighted by Gasteiger charge is -2.47. The first-order valence-electron chi connectivity index (χ1n) is 5.81. The van der Waals surface area contributed by atoms with E-state index in [0.717, 1.165) is 18.4 Å². The summed E-state index contributed by atoms with van der Waals surface area (Å²) < 4.78 is 0. The third-order valence-corrected chi connectivity index (χ3v) is 4.05. The molecule has 0 aromatic rings. The van der Waals surface area contributed by atoms with E-state index in [2.05, 4.69) is 11.8 Å². The van der Waals surface area contributed by atoms with Crippen molar-refractivity contribution in [2.45, 2.75) is 45.1 Å². The molecule has 3 nitrogen and oxygen atoms in total. The van der Waals surface area contributed by atoms with Crippen LogP contribution in [0, 0.1) is 17.2 Å². The van der Waals surface area contributed by atoms with Crippen molar-refractivity contribution in [1.29, 1.82) is 5.41 Å². The molecule has 3 atom stereocenters. The Morgan fingerprint density at radius 2 is 2.00 bits per heavy atom. The van der Waals surface area contributed by atoms with E-state index in [0.29, 0.717) is 6.04 Å². The lowest BCUT2D eigenvalue weighted by atomic mass is 9.73. The minimum atomic E-state index is 0.286. The third kappa shape index (κ3) is 1.60. The van der Waals surface area contributed by atoms with Gasteiger partial charge >= 0.3 is 0 Å². The Bertz CT molecular complexity index is 227. The average molecular weight is 195 g/mol. The van der Waals surface area contributed by atoms with Crippen molar-refractivity contribution < 1.29 is 0 Å². The molecule has 0 amide bonds. The van der Waals surface area contributed by atoms with E-state index in [1.54, 1.807) is 0 Å². The second-order valence-electron chi connectivity index (χ2n) is 4.86. The first kappa shape index (κ1) is 9.81. The first-order valence-corrected chi connectivity index (χ1v) is 5.81. The van der Waals surface area contributed by atoms with Gasteiger partial charge in [-0.05, 0) is 31.1 Å². The van der Waals surface area contributed by atoms with Crippen LogP contribution in [0.3, 0.4) is 0 Å². The predicted octanol–water partition coefficient (Wildman–Crippen LogP) is 1.78. The van der Waals surface area contributed by atoms with Crippen LogP contribution in [0.15, 0.2) is 0 Å². The van der Waals surface area contributed by atoms with E-state index in [1.807, 2.05) is 0 Å². The Hall–Kier alpha value is -0.730. The van der Waals surface area contributed by atoms with Crippen LogP contribution in [0.4, 0.5) is 0 Å². The highest BCUT2D eigenvalue weighted by Crippen LogP contribution is 2.38. The highest BCUT2D eigenvalue weighted by atomic mass is 15.3. The molecule has 3 unspecified atom stereocenters. The molecule has 0 bridgehead atoms. The van der Waals surface area contributed by atoms with Gasteiger partial charge in [-0.25, -0.2) is 0 Å². The number of fused-ring (bicyclic) bond motifs is 1. The molecule has 0 spiro atoms. The zero-order valence-electron chi connectivity index (χ0n) is 9.00. The van der Waals surface area contributed by atoms with Gasteiger partial charge in [-0.3, -0.25) is 5.41 Å². The van der Waals surface area contributed by atoms with E-state index in [1.165, 1.54) is 32.1 Å².